The standard InChI is InChI=1S/C18H15ClFN5O2/c1-27-17-11(19)3-2-4-12(17)23-15-14(10-5-6-21-13(20)9-10)24-25-8-7-22-18(26)16(15)25/h2-6,9,23H,7-8H2,1H3,(H,22,26). The molecule has 3 heterocycles. The number of methoxy groups -OCH3 is 1. The van der Waals surface area contributed by atoms with Gasteiger partial charge in [0.2, 0.25) is 5.95 Å². The highest BCUT2D eigenvalue weighted by Gasteiger charge is 2.28. The minimum atomic E-state index is -0.630. The van der Waals surface area contributed by atoms with Crippen LogP contribution in [-0.2, 0) is 6.54 Å². The number of carbonyl (C=O) groups is 1. The van der Waals surface area contributed by atoms with Crippen LogP contribution in [0.1, 0.15) is 10.5 Å². The number of pyridine rings is 1. The van der Waals surface area contributed by atoms with Crippen LogP contribution in [0.25, 0.3) is 11.3 Å². The highest BCUT2D eigenvalue weighted by atomic mass is 35.5. The lowest BCUT2D eigenvalue weighted by molar-refractivity contribution is 0.0925. The van der Waals surface area contributed by atoms with Gasteiger partial charge in [-0.3, -0.25) is 9.48 Å². The smallest absolute Gasteiger partial charge is 0.271 e. The Hall–Kier alpha value is -3.13. The normalized spacial score (nSPS) is 13.1. The van der Waals surface area contributed by atoms with Gasteiger partial charge in [0.05, 0.1) is 30.1 Å². The maximum atomic E-state index is 13.7. The average Bonchev–Trinajstić information content (AvgIpc) is 3.02. The summed E-state index contributed by atoms with van der Waals surface area (Å²) in [6, 6.07) is 8.13. The van der Waals surface area contributed by atoms with Crippen molar-refractivity contribution in [2.45, 2.75) is 6.54 Å². The summed E-state index contributed by atoms with van der Waals surface area (Å²) in [7, 11) is 1.51. The van der Waals surface area contributed by atoms with E-state index in [2.05, 4.69) is 20.7 Å². The highest BCUT2D eigenvalue weighted by Crippen LogP contribution is 2.39. The van der Waals surface area contributed by atoms with E-state index in [1.807, 2.05) is 0 Å². The zero-order chi connectivity index (χ0) is 19.0. The van der Waals surface area contributed by atoms with Crippen LogP contribution in [0, 0.1) is 5.95 Å². The molecule has 138 valence electrons. The molecular formula is C18H15ClFN5O2. The van der Waals surface area contributed by atoms with Crippen LogP contribution in [0.3, 0.4) is 0 Å². The first-order valence-corrected chi connectivity index (χ1v) is 8.56. The number of carbonyl (C=O) groups excluding carboxylic acids is 1. The number of hydrogen-bond donors (Lipinski definition) is 2. The van der Waals surface area contributed by atoms with Crippen LogP contribution < -0.4 is 15.4 Å². The van der Waals surface area contributed by atoms with Gasteiger partial charge in [-0.1, -0.05) is 17.7 Å². The maximum absolute atomic E-state index is 13.7. The van der Waals surface area contributed by atoms with Crippen molar-refractivity contribution < 1.29 is 13.9 Å². The van der Waals surface area contributed by atoms with Crippen LogP contribution in [-0.4, -0.2) is 34.3 Å². The topological polar surface area (TPSA) is 81.1 Å². The Kier molecular flexibility index (Phi) is 4.41. The molecule has 27 heavy (non-hydrogen) atoms. The number of ether oxygens (including phenoxy) is 1. The molecule has 7 nitrogen and oxygen atoms in total. The Morgan fingerprint density at radius 1 is 1.37 bits per heavy atom. The van der Waals surface area contributed by atoms with E-state index in [0.29, 0.717) is 52.2 Å². The van der Waals surface area contributed by atoms with E-state index < -0.39 is 5.95 Å². The summed E-state index contributed by atoms with van der Waals surface area (Å²) in [6.07, 6.45) is 1.35. The molecule has 0 aliphatic carbocycles. The van der Waals surface area contributed by atoms with Crippen LogP contribution in [0.2, 0.25) is 5.02 Å². The summed E-state index contributed by atoms with van der Waals surface area (Å²) in [6.45, 7) is 0.980. The van der Waals surface area contributed by atoms with Gasteiger partial charge in [-0.25, -0.2) is 4.98 Å². The summed E-state index contributed by atoms with van der Waals surface area (Å²) >= 11 is 6.20. The first-order chi connectivity index (χ1) is 13.1. The minimum Gasteiger partial charge on any atom is -0.493 e. The van der Waals surface area contributed by atoms with Crippen molar-refractivity contribution in [3.63, 3.8) is 0 Å². The second kappa shape index (κ2) is 6.88. The van der Waals surface area contributed by atoms with Crippen molar-refractivity contribution in [3.05, 3.63) is 53.2 Å². The molecule has 4 rings (SSSR count). The number of rotatable bonds is 4. The molecule has 3 aromatic rings. The zero-order valence-electron chi connectivity index (χ0n) is 14.3. The summed E-state index contributed by atoms with van der Waals surface area (Å²) in [5.41, 5.74) is 2.30. The average molecular weight is 388 g/mol. The van der Waals surface area contributed by atoms with Crippen molar-refractivity contribution in [3.8, 4) is 17.0 Å². The lowest BCUT2D eigenvalue weighted by Crippen LogP contribution is -2.35. The molecule has 0 bridgehead atoms. The Morgan fingerprint density at radius 2 is 2.22 bits per heavy atom. The van der Waals surface area contributed by atoms with E-state index in [1.165, 1.54) is 19.4 Å². The molecule has 0 atom stereocenters. The van der Waals surface area contributed by atoms with Gasteiger partial charge in [-0.05, 0) is 18.2 Å². The fourth-order valence-electron chi connectivity index (χ4n) is 3.03. The Morgan fingerprint density at radius 3 is 3.00 bits per heavy atom. The number of nitrogens with zero attached hydrogens (tertiary/aromatic N) is 3. The molecule has 1 amide bonds. The third-order valence-electron chi connectivity index (χ3n) is 4.21. The fraction of sp³-hybridized carbons (Fsp3) is 0.167. The van der Waals surface area contributed by atoms with Crippen LogP contribution in [0.15, 0.2) is 36.5 Å². The Labute approximate surface area is 159 Å². The molecule has 9 heteroatoms. The van der Waals surface area contributed by atoms with Crippen molar-refractivity contribution in [1.29, 1.82) is 0 Å². The van der Waals surface area contributed by atoms with Crippen molar-refractivity contribution >= 4 is 28.9 Å². The second-order valence-corrected chi connectivity index (χ2v) is 6.27. The van der Waals surface area contributed by atoms with Crippen molar-refractivity contribution in [1.82, 2.24) is 20.1 Å². The van der Waals surface area contributed by atoms with E-state index in [4.69, 9.17) is 16.3 Å². The first kappa shape index (κ1) is 17.3. The van der Waals surface area contributed by atoms with Gasteiger partial charge < -0.3 is 15.4 Å². The SMILES string of the molecule is COc1c(Cl)cccc1Nc1c(-c2ccnc(F)c2)nn2c1C(=O)NCC2. The molecule has 2 aromatic heterocycles. The van der Waals surface area contributed by atoms with Crippen LogP contribution >= 0.6 is 11.6 Å². The second-order valence-electron chi connectivity index (χ2n) is 5.86. The van der Waals surface area contributed by atoms with E-state index >= 15 is 0 Å². The number of halogens is 2. The summed E-state index contributed by atoms with van der Waals surface area (Å²) in [5.74, 6) is -0.463. The van der Waals surface area contributed by atoms with Crippen molar-refractivity contribution in [2.24, 2.45) is 0 Å². The molecule has 0 saturated heterocycles. The number of hydrogen-bond acceptors (Lipinski definition) is 5. The molecule has 1 aromatic carbocycles. The number of aromatic nitrogens is 3. The Bertz CT molecular complexity index is 1040. The first-order valence-electron chi connectivity index (χ1n) is 8.19. The molecule has 0 radical (unpaired) electrons. The molecule has 2 N–H and O–H groups in total. The minimum absolute atomic E-state index is 0.266. The molecular weight excluding hydrogens is 373 g/mol. The zero-order valence-corrected chi connectivity index (χ0v) is 15.0. The monoisotopic (exact) mass is 387 g/mol. The van der Waals surface area contributed by atoms with Crippen LogP contribution in [0.5, 0.6) is 5.75 Å². The largest absolute Gasteiger partial charge is 0.493 e. The van der Waals surface area contributed by atoms with E-state index in [-0.39, 0.29) is 5.91 Å². The number of amides is 1. The quantitative estimate of drug-likeness (QED) is 0.672. The molecule has 1 aliphatic rings. The van der Waals surface area contributed by atoms with E-state index in [0.717, 1.165) is 0 Å². The van der Waals surface area contributed by atoms with Crippen molar-refractivity contribution in [2.75, 3.05) is 19.0 Å². The lowest BCUT2D eigenvalue weighted by atomic mass is 10.1. The highest BCUT2D eigenvalue weighted by molar-refractivity contribution is 6.32. The van der Waals surface area contributed by atoms with Gasteiger partial charge in [0.15, 0.2) is 5.75 Å². The summed E-state index contributed by atoms with van der Waals surface area (Å²) in [5, 5.41) is 10.9. The van der Waals surface area contributed by atoms with Gasteiger partial charge in [0, 0.05) is 24.4 Å². The van der Waals surface area contributed by atoms with Crippen LogP contribution in [0.4, 0.5) is 15.8 Å². The Balaban J connectivity index is 1.90. The van der Waals surface area contributed by atoms with E-state index in [1.54, 1.807) is 28.9 Å². The molecule has 0 unspecified atom stereocenters. The van der Waals surface area contributed by atoms with Gasteiger partial charge in [-0.2, -0.15) is 9.49 Å². The summed E-state index contributed by atoms with van der Waals surface area (Å²) < 4.78 is 20.6. The summed E-state index contributed by atoms with van der Waals surface area (Å²) in [4.78, 5) is 16.1. The number of anilines is 2. The molecule has 0 spiro atoms. The molecule has 0 fully saturated rings. The predicted molar refractivity (Wildman–Crippen MR) is 99.0 cm³/mol. The number of para-hydroxylation sites is 1. The lowest BCUT2D eigenvalue weighted by Gasteiger charge is -2.17. The van der Waals surface area contributed by atoms with Gasteiger partial charge in [-0.15, -0.1) is 0 Å². The number of nitrogens with one attached hydrogen (secondary N) is 2. The van der Waals surface area contributed by atoms with Gasteiger partial charge in [0.1, 0.15) is 11.4 Å². The number of fused-ring (bicyclic) bond motifs is 1. The maximum Gasteiger partial charge on any atom is 0.271 e. The van der Waals surface area contributed by atoms with Gasteiger partial charge >= 0.3 is 0 Å². The molecule has 1 aliphatic heterocycles. The third-order valence-corrected chi connectivity index (χ3v) is 4.51. The fourth-order valence-corrected chi connectivity index (χ4v) is 3.28. The number of benzene rings is 1. The third kappa shape index (κ3) is 3.08. The predicted octanol–water partition coefficient (Wildman–Crippen LogP) is 3.23. The van der Waals surface area contributed by atoms with E-state index in [9.17, 15) is 9.18 Å². The molecule has 0 saturated carbocycles. The van der Waals surface area contributed by atoms with Gasteiger partial charge in [0.25, 0.3) is 5.91 Å².